The smallest absolute Gasteiger partial charge is 0.248 e. The SMILES string of the molecule is N#Cc1cc(-c2ccnc3[nH]c(-c4cc[nH]c(=O)c4)cc23)ccc1OC1CCOCC1. The van der Waals surface area contributed by atoms with E-state index in [1.807, 2.05) is 36.4 Å². The summed E-state index contributed by atoms with van der Waals surface area (Å²) in [5, 5.41) is 10.6. The Morgan fingerprint density at radius 1 is 1.10 bits per heavy atom. The van der Waals surface area contributed by atoms with E-state index in [1.54, 1.807) is 18.5 Å². The molecule has 1 saturated heterocycles. The van der Waals surface area contributed by atoms with Crippen LogP contribution in [0.1, 0.15) is 18.4 Å². The molecule has 0 amide bonds. The van der Waals surface area contributed by atoms with Crippen LogP contribution in [0.2, 0.25) is 0 Å². The van der Waals surface area contributed by atoms with E-state index in [2.05, 4.69) is 21.0 Å². The molecule has 4 heterocycles. The number of pyridine rings is 2. The van der Waals surface area contributed by atoms with Crippen LogP contribution in [0.3, 0.4) is 0 Å². The highest BCUT2D eigenvalue weighted by Gasteiger charge is 2.18. The van der Waals surface area contributed by atoms with Gasteiger partial charge >= 0.3 is 0 Å². The van der Waals surface area contributed by atoms with Crippen molar-refractivity contribution in [1.29, 1.82) is 5.26 Å². The Labute approximate surface area is 178 Å². The third-order valence-corrected chi connectivity index (χ3v) is 5.49. The Bertz CT molecular complexity index is 1340. The molecule has 31 heavy (non-hydrogen) atoms. The molecule has 5 rings (SSSR count). The number of aromatic amines is 2. The van der Waals surface area contributed by atoms with Gasteiger partial charge in [0.25, 0.3) is 0 Å². The van der Waals surface area contributed by atoms with Crippen LogP contribution in [0, 0.1) is 11.3 Å². The van der Waals surface area contributed by atoms with E-state index in [0.717, 1.165) is 40.6 Å². The lowest BCUT2D eigenvalue weighted by atomic mass is 10.0. The topological polar surface area (TPSA) is 104 Å². The number of H-pyrrole nitrogens is 2. The summed E-state index contributed by atoms with van der Waals surface area (Å²) >= 11 is 0. The zero-order chi connectivity index (χ0) is 21.2. The van der Waals surface area contributed by atoms with E-state index in [-0.39, 0.29) is 11.7 Å². The minimum Gasteiger partial charge on any atom is -0.489 e. The van der Waals surface area contributed by atoms with Gasteiger partial charge in [-0.25, -0.2) is 4.98 Å². The molecule has 0 spiro atoms. The monoisotopic (exact) mass is 412 g/mol. The summed E-state index contributed by atoms with van der Waals surface area (Å²) in [7, 11) is 0. The third kappa shape index (κ3) is 3.81. The first kappa shape index (κ1) is 19.1. The zero-order valence-electron chi connectivity index (χ0n) is 16.7. The second-order valence-electron chi connectivity index (χ2n) is 7.50. The molecule has 1 aliphatic heterocycles. The molecule has 4 aromatic rings. The predicted molar refractivity (Wildman–Crippen MR) is 117 cm³/mol. The molecule has 1 aliphatic rings. The van der Waals surface area contributed by atoms with Gasteiger partial charge in [-0.15, -0.1) is 0 Å². The van der Waals surface area contributed by atoms with E-state index >= 15 is 0 Å². The molecule has 1 fully saturated rings. The summed E-state index contributed by atoms with van der Waals surface area (Å²) in [5.74, 6) is 0.599. The molecular weight excluding hydrogens is 392 g/mol. The maximum atomic E-state index is 11.7. The Hall–Kier alpha value is -3.89. The summed E-state index contributed by atoms with van der Waals surface area (Å²) in [6.07, 6.45) is 5.07. The molecule has 0 radical (unpaired) electrons. The van der Waals surface area contributed by atoms with Crippen molar-refractivity contribution in [3.63, 3.8) is 0 Å². The van der Waals surface area contributed by atoms with Crippen LogP contribution in [-0.2, 0) is 4.74 Å². The lowest BCUT2D eigenvalue weighted by Crippen LogP contribution is -2.26. The van der Waals surface area contributed by atoms with Crippen LogP contribution in [0.15, 0.2) is 59.7 Å². The van der Waals surface area contributed by atoms with Crippen LogP contribution >= 0.6 is 0 Å². The number of aromatic nitrogens is 3. The van der Waals surface area contributed by atoms with Crippen LogP contribution in [0.5, 0.6) is 5.75 Å². The van der Waals surface area contributed by atoms with Gasteiger partial charge in [0.1, 0.15) is 23.6 Å². The van der Waals surface area contributed by atoms with Crippen molar-refractivity contribution in [2.45, 2.75) is 18.9 Å². The van der Waals surface area contributed by atoms with Crippen molar-refractivity contribution in [1.82, 2.24) is 15.0 Å². The minimum absolute atomic E-state index is 0.0700. The molecule has 0 atom stereocenters. The third-order valence-electron chi connectivity index (χ3n) is 5.49. The van der Waals surface area contributed by atoms with Crippen LogP contribution in [-0.4, -0.2) is 34.3 Å². The minimum atomic E-state index is -0.164. The van der Waals surface area contributed by atoms with Crippen LogP contribution in [0.4, 0.5) is 0 Å². The lowest BCUT2D eigenvalue weighted by molar-refractivity contribution is 0.0254. The maximum absolute atomic E-state index is 11.7. The molecule has 0 saturated carbocycles. The van der Waals surface area contributed by atoms with Gasteiger partial charge in [-0.3, -0.25) is 4.79 Å². The zero-order valence-corrected chi connectivity index (χ0v) is 16.7. The van der Waals surface area contributed by atoms with Gasteiger partial charge in [-0.05, 0) is 41.5 Å². The van der Waals surface area contributed by atoms with Crippen molar-refractivity contribution >= 4 is 11.0 Å². The number of nitrogens with one attached hydrogen (secondary N) is 2. The highest BCUT2D eigenvalue weighted by Crippen LogP contribution is 2.33. The van der Waals surface area contributed by atoms with E-state index in [0.29, 0.717) is 30.2 Å². The Balaban J connectivity index is 1.53. The van der Waals surface area contributed by atoms with Crippen molar-refractivity contribution in [2.75, 3.05) is 13.2 Å². The first-order valence-corrected chi connectivity index (χ1v) is 10.2. The molecular formula is C24H20N4O3. The lowest BCUT2D eigenvalue weighted by Gasteiger charge is -2.23. The normalized spacial score (nSPS) is 14.4. The number of hydrogen-bond donors (Lipinski definition) is 2. The van der Waals surface area contributed by atoms with Crippen molar-refractivity contribution in [3.8, 4) is 34.2 Å². The summed E-state index contributed by atoms with van der Waals surface area (Å²) in [4.78, 5) is 22.0. The highest BCUT2D eigenvalue weighted by molar-refractivity contribution is 5.96. The Morgan fingerprint density at radius 2 is 1.97 bits per heavy atom. The predicted octanol–water partition coefficient (Wildman–Crippen LogP) is 4.01. The van der Waals surface area contributed by atoms with E-state index in [9.17, 15) is 10.1 Å². The number of nitrogens with zero attached hydrogens (tertiary/aromatic N) is 2. The molecule has 0 aliphatic carbocycles. The van der Waals surface area contributed by atoms with Crippen molar-refractivity contribution in [3.05, 3.63) is 70.8 Å². The summed E-state index contributed by atoms with van der Waals surface area (Å²) in [6, 6.07) is 15.2. The van der Waals surface area contributed by atoms with Gasteiger partial charge in [-0.2, -0.15) is 5.26 Å². The maximum Gasteiger partial charge on any atom is 0.248 e. The van der Waals surface area contributed by atoms with E-state index in [1.165, 1.54) is 0 Å². The largest absolute Gasteiger partial charge is 0.489 e. The van der Waals surface area contributed by atoms with E-state index in [4.69, 9.17) is 9.47 Å². The summed E-state index contributed by atoms with van der Waals surface area (Å²) in [5.41, 5.74) is 4.49. The fraction of sp³-hybridized carbons (Fsp3) is 0.208. The first-order chi connectivity index (χ1) is 15.2. The summed E-state index contributed by atoms with van der Waals surface area (Å²) in [6.45, 7) is 1.37. The average molecular weight is 412 g/mol. The molecule has 1 aromatic carbocycles. The van der Waals surface area contributed by atoms with Gasteiger partial charge in [0.15, 0.2) is 0 Å². The number of rotatable bonds is 4. The van der Waals surface area contributed by atoms with Crippen LogP contribution < -0.4 is 10.3 Å². The van der Waals surface area contributed by atoms with Crippen LogP contribution in [0.25, 0.3) is 33.4 Å². The molecule has 2 N–H and O–H groups in total. The summed E-state index contributed by atoms with van der Waals surface area (Å²) < 4.78 is 11.5. The molecule has 7 nitrogen and oxygen atoms in total. The second kappa shape index (κ2) is 8.09. The molecule has 154 valence electrons. The molecule has 0 unspecified atom stereocenters. The standard InChI is InChI=1S/C24H20N4O3/c25-14-17-11-15(1-2-22(17)31-18-5-9-30-10-6-18)19-4-8-27-24-20(19)13-21(28-24)16-3-7-26-23(29)12-16/h1-4,7-8,11-13,18H,5-6,9-10H2,(H,26,29)(H,27,28). The fourth-order valence-electron chi connectivity index (χ4n) is 3.91. The van der Waals surface area contributed by atoms with Crippen molar-refractivity contribution < 1.29 is 9.47 Å². The number of fused-ring (bicyclic) bond motifs is 1. The number of ether oxygens (including phenoxy) is 2. The Morgan fingerprint density at radius 3 is 2.77 bits per heavy atom. The molecule has 7 heteroatoms. The van der Waals surface area contributed by atoms with Gasteiger partial charge in [0.2, 0.25) is 5.56 Å². The van der Waals surface area contributed by atoms with Gasteiger partial charge in [-0.1, -0.05) is 6.07 Å². The van der Waals surface area contributed by atoms with Gasteiger partial charge < -0.3 is 19.4 Å². The van der Waals surface area contributed by atoms with E-state index < -0.39 is 0 Å². The first-order valence-electron chi connectivity index (χ1n) is 10.2. The Kier molecular flexibility index (Phi) is 4.98. The van der Waals surface area contributed by atoms with Gasteiger partial charge in [0.05, 0.1) is 18.8 Å². The number of hydrogen-bond acceptors (Lipinski definition) is 5. The van der Waals surface area contributed by atoms with Crippen molar-refractivity contribution in [2.24, 2.45) is 0 Å². The van der Waals surface area contributed by atoms with Gasteiger partial charge in [0, 0.05) is 47.9 Å². The average Bonchev–Trinajstić information content (AvgIpc) is 3.25. The number of nitriles is 1. The molecule has 0 bridgehead atoms. The quantitative estimate of drug-likeness (QED) is 0.527. The molecule has 3 aromatic heterocycles. The fourth-order valence-corrected chi connectivity index (χ4v) is 3.91. The second-order valence-corrected chi connectivity index (χ2v) is 7.50. The highest BCUT2D eigenvalue weighted by atomic mass is 16.5. The number of benzene rings is 1.